The molecule has 0 saturated carbocycles. The second-order valence-electron chi connectivity index (χ2n) is 4.12. The van der Waals surface area contributed by atoms with Gasteiger partial charge in [0.1, 0.15) is 11.4 Å². The van der Waals surface area contributed by atoms with Gasteiger partial charge >= 0.3 is 6.09 Å². The summed E-state index contributed by atoms with van der Waals surface area (Å²) in [5.41, 5.74) is 10.9. The van der Waals surface area contributed by atoms with Gasteiger partial charge < -0.3 is 16.2 Å². The van der Waals surface area contributed by atoms with Gasteiger partial charge in [0.15, 0.2) is 0 Å². The standard InChI is InChI=1S/C11H19N3O2/c1-5-8(12)6-7-9(13)14-10(15)16-11(2,3)4/h5-7H,1,12-13H2,2-4H3,(H,14,15)/b8-6-,9-7+. The Hall–Kier alpha value is -1.91. The molecular formula is C11H19N3O2. The summed E-state index contributed by atoms with van der Waals surface area (Å²) >= 11 is 0. The zero-order valence-electron chi connectivity index (χ0n) is 9.91. The second kappa shape index (κ2) is 5.85. The van der Waals surface area contributed by atoms with Crippen molar-refractivity contribution in [2.24, 2.45) is 11.5 Å². The Kier molecular flexibility index (Phi) is 5.15. The SMILES string of the molecule is C=C/C(N)=C/C=C(\N)NC(=O)OC(C)(C)C. The Morgan fingerprint density at radius 1 is 1.31 bits per heavy atom. The third kappa shape index (κ3) is 7.49. The van der Waals surface area contributed by atoms with E-state index >= 15 is 0 Å². The molecule has 0 spiro atoms. The first kappa shape index (κ1) is 14.1. The van der Waals surface area contributed by atoms with E-state index in [9.17, 15) is 4.79 Å². The van der Waals surface area contributed by atoms with Crippen molar-refractivity contribution in [3.8, 4) is 0 Å². The van der Waals surface area contributed by atoms with Crippen LogP contribution in [0.5, 0.6) is 0 Å². The van der Waals surface area contributed by atoms with Gasteiger partial charge in [0.05, 0.1) is 0 Å². The van der Waals surface area contributed by atoms with Gasteiger partial charge in [0.2, 0.25) is 0 Å². The van der Waals surface area contributed by atoms with Crippen LogP contribution in [0.15, 0.2) is 36.3 Å². The van der Waals surface area contributed by atoms with E-state index in [-0.39, 0.29) is 5.82 Å². The molecule has 5 nitrogen and oxygen atoms in total. The number of nitrogens with one attached hydrogen (secondary N) is 1. The van der Waals surface area contributed by atoms with Crippen molar-refractivity contribution >= 4 is 6.09 Å². The lowest BCUT2D eigenvalue weighted by Gasteiger charge is -2.19. The van der Waals surface area contributed by atoms with Crippen molar-refractivity contribution in [2.45, 2.75) is 26.4 Å². The largest absolute Gasteiger partial charge is 0.444 e. The summed E-state index contributed by atoms with van der Waals surface area (Å²) in [5, 5.41) is 2.36. The summed E-state index contributed by atoms with van der Waals surface area (Å²) in [5.74, 6) is 0.152. The molecule has 0 unspecified atom stereocenters. The Balaban J connectivity index is 4.30. The second-order valence-corrected chi connectivity index (χ2v) is 4.12. The minimum atomic E-state index is -0.605. The Morgan fingerprint density at radius 2 is 1.88 bits per heavy atom. The third-order valence-corrected chi connectivity index (χ3v) is 1.34. The summed E-state index contributed by atoms with van der Waals surface area (Å²) < 4.78 is 5.00. The number of ether oxygens (including phenoxy) is 1. The molecule has 0 aliphatic heterocycles. The van der Waals surface area contributed by atoms with Crippen LogP contribution < -0.4 is 16.8 Å². The Morgan fingerprint density at radius 3 is 2.31 bits per heavy atom. The van der Waals surface area contributed by atoms with Crippen molar-refractivity contribution in [3.05, 3.63) is 36.3 Å². The maximum atomic E-state index is 11.3. The number of allylic oxidation sites excluding steroid dienone is 3. The summed E-state index contributed by atoms with van der Waals surface area (Å²) in [4.78, 5) is 11.3. The molecule has 0 rings (SSSR count). The predicted molar refractivity (Wildman–Crippen MR) is 64.1 cm³/mol. The fraction of sp³-hybridized carbons (Fsp3) is 0.364. The molecule has 0 radical (unpaired) electrons. The van der Waals surface area contributed by atoms with Crippen molar-refractivity contribution in [2.75, 3.05) is 0 Å². The van der Waals surface area contributed by atoms with Crippen molar-refractivity contribution in [3.63, 3.8) is 0 Å². The van der Waals surface area contributed by atoms with Gasteiger partial charge in [0.25, 0.3) is 0 Å². The first-order valence-electron chi connectivity index (χ1n) is 4.80. The molecule has 0 aromatic rings. The molecule has 0 heterocycles. The van der Waals surface area contributed by atoms with Gasteiger partial charge in [-0.1, -0.05) is 6.58 Å². The highest BCUT2D eigenvalue weighted by atomic mass is 16.6. The van der Waals surface area contributed by atoms with Crippen LogP contribution in [0.3, 0.4) is 0 Å². The van der Waals surface area contributed by atoms with Crippen molar-refractivity contribution in [1.29, 1.82) is 0 Å². The summed E-state index contributed by atoms with van der Waals surface area (Å²) in [6, 6.07) is 0. The normalized spacial score (nSPS) is 13.2. The van der Waals surface area contributed by atoms with Gasteiger partial charge in [-0.15, -0.1) is 0 Å². The molecule has 0 aromatic heterocycles. The van der Waals surface area contributed by atoms with E-state index in [0.717, 1.165) is 0 Å². The van der Waals surface area contributed by atoms with Crippen LogP contribution in [-0.4, -0.2) is 11.7 Å². The van der Waals surface area contributed by atoms with Crippen molar-refractivity contribution in [1.82, 2.24) is 5.32 Å². The molecular weight excluding hydrogens is 206 g/mol. The highest BCUT2D eigenvalue weighted by Crippen LogP contribution is 2.06. The molecule has 0 atom stereocenters. The van der Waals surface area contributed by atoms with Gasteiger partial charge in [0, 0.05) is 5.70 Å². The summed E-state index contributed by atoms with van der Waals surface area (Å²) in [6.07, 6.45) is 3.85. The molecule has 0 aliphatic carbocycles. The molecule has 5 heteroatoms. The number of carbonyl (C=O) groups is 1. The molecule has 0 fully saturated rings. The number of rotatable bonds is 3. The topological polar surface area (TPSA) is 90.4 Å². The smallest absolute Gasteiger partial charge is 0.413 e. The van der Waals surface area contributed by atoms with Crippen LogP contribution >= 0.6 is 0 Å². The summed E-state index contributed by atoms with van der Waals surface area (Å²) in [7, 11) is 0. The number of nitrogens with two attached hydrogens (primary N) is 2. The average molecular weight is 225 g/mol. The molecule has 0 bridgehead atoms. The molecule has 0 saturated heterocycles. The fourth-order valence-electron chi connectivity index (χ4n) is 0.717. The van der Waals surface area contributed by atoms with E-state index in [1.165, 1.54) is 18.2 Å². The summed E-state index contributed by atoms with van der Waals surface area (Å²) in [6.45, 7) is 8.77. The number of alkyl carbamates (subject to hydrolysis) is 1. The average Bonchev–Trinajstić information content (AvgIpc) is 2.10. The minimum absolute atomic E-state index is 0.152. The molecule has 1 amide bonds. The van der Waals surface area contributed by atoms with Crippen LogP contribution in [0.2, 0.25) is 0 Å². The molecule has 0 aliphatic rings. The van der Waals surface area contributed by atoms with Crippen LogP contribution in [-0.2, 0) is 4.74 Å². The maximum absolute atomic E-state index is 11.3. The first-order chi connectivity index (χ1) is 7.24. The van der Waals surface area contributed by atoms with E-state index in [1.54, 1.807) is 20.8 Å². The van der Waals surface area contributed by atoms with Crippen LogP contribution in [0.4, 0.5) is 4.79 Å². The Bertz CT molecular complexity index is 325. The maximum Gasteiger partial charge on any atom is 0.413 e. The number of hydrogen-bond donors (Lipinski definition) is 3. The third-order valence-electron chi connectivity index (χ3n) is 1.34. The van der Waals surface area contributed by atoms with E-state index in [2.05, 4.69) is 11.9 Å². The van der Waals surface area contributed by atoms with Crippen LogP contribution in [0.1, 0.15) is 20.8 Å². The van der Waals surface area contributed by atoms with Crippen LogP contribution in [0, 0.1) is 0 Å². The van der Waals surface area contributed by atoms with E-state index in [1.807, 2.05) is 0 Å². The quantitative estimate of drug-likeness (QED) is 0.632. The zero-order chi connectivity index (χ0) is 12.8. The zero-order valence-corrected chi connectivity index (χ0v) is 9.91. The van der Waals surface area contributed by atoms with Crippen molar-refractivity contribution < 1.29 is 9.53 Å². The highest BCUT2D eigenvalue weighted by Gasteiger charge is 2.15. The lowest BCUT2D eigenvalue weighted by atomic mass is 10.2. The Labute approximate surface area is 95.8 Å². The number of hydrogen-bond acceptors (Lipinski definition) is 4. The number of carbonyl (C=O) groups excluding carboxylic acids is 1. The molecule has 90 valence electrons. The van der Waals surface area contributed by atoms with E-state index in [4.69, 9.17) is 16.2 Å². The van der Waals surface area contributed by atoms with Crippen LogP contribution in [0.25, 0.3) is 0 Å². The lowest BCUT2D eigenvalue weighted by molar-refractivity contribution is 0.0545. The van der Waals surface area contributed by atoms with Gasteiger partial charge in [-0.25, -0.2) is 4.79 Å². The monoisotopic (exact) mass is 225 g/mol. The molecule has 0 aromatic carbocycles. The van der Waals surface area contributed by atoms with Gasteiger partial charge in [-0.2, -0.15) is 0 Å². The predicted octanol–water partition coefficient (Wildman–Crippen LogP) is 1.34. The highest BCUT2D eigenvalue weighted by molar-refractivity contribution is 5.69. The van der Waals surface area contributed by atoms with Gasteiger partial charge in [-0.3, -0.25) is 5.32 Å². The first-order valence-corrected chi connectivity index (χ1v) is 4.80. The fourth-order valence-corrected chi connectivity index (χ4v) is 0.717. The van der Waals surface area contributed by atoms with Gasteiger partial charge in [-0.05, 0) is 39.0 Å². The van der Waals surface area contributed by atoms with E-state index in [0.29, 0.717) is 5.70 Å². The van der Waals surface area contributed by atoms with E-state index < -0.39 is 11.7 Å². The lowest BCUT2D eigenvalue weighted by Crippen LogP contribution is -2.34. The number of amides is 1. The molecule has 16 heavy (non-hydrogen) atoms. The minimum Gasteiger partial charge on any atom is -0.444 e. The molecule has 5 N–H and O–H groups in total.